The molecule has 1 aliphatic rings. The summed E-state index contributed by atoms with van der Waals surface area (Å²) in [7, 11) is 2.15. The summed E-state index contributed by atoms with van der Waals surface area (Å²) in [6.07, 6.45) is 0. The Morgan fingerprint density at radius 3 is 2.42 bits per heavy atom. The van der Waals surface area contributed by atoms with E-state index in [-0.39, 0.29) is 10.6 Å². The van der Waals surface area contributed by atoms with E-state index in [2.05, 4.69) is 22.2 Å². The molecule has 0 aromatic heterocycles. The Labute approximate surface area is 113 Å². The van der Waals surface area contributed by atoms with Crippen LogP contribution in [0.25, 0.3) is 0 Å². The van der Waals surface area contributed by atoms with Gasteiger partial charge in [0.1, 0.15) is 0 Å². The van der Waals surface area contributed by atoms with Crippen molar-refractivity contribution in [2.75, 3.05) is 51.6 Å². The van der Waals surface area contributed by atoms with Crippen LogP contribution in [-0.2, 0) is 0 Å². The zero-order chi connectivity index (χ0) is 13.7. The molecule has 0 amide bonds. The molecule has 1 aromatic carbocycles. The van der Waals surface area contributed by atoms with E-state index in [0.29, 0.717) is 0 Å². The van der Waals surface area contributed by atoms with Crippen molar-refractivity contribution in [3.8, 4) is 0 Å². The summed E-state index contributed by atoms with van der Waals surface area (Å²) in [4.78, 5) is 14.9. The van der Waals surface area contributed by atoms with E-state index in [4.69, 9.17) is 0 Å². The van der Waals surface area contributed by atoms with Gasteiger partial charge in [0.05, 0.1) is 4.92 Å². The Morgan fingerprint density at radius 1 is 1.21 bits per heavy atom. The predicted molar refractivity (Wildman–Crippen MR) is 75.5 cm³/mol. The summed E-state index contributed by atoms with van der Waals surface area (Å²) in [5, 5.41) is 13.8. The number of hydrogen-bond acceptors (Lipinski definition) is 5. The van der Waals surface area contributed by atoms with E-state index >= 15 is 0 Å². The van der Waals surface area contributed by atoms with E-state index in [1.54, 1.807) is 12.1 Å². The van der Waals surface area contributed by atoms with Crippen LogP contribution in [0.15, 0.2) is 24.3 Å². The Hall–Kier alpha value is -1.66. The zero-order valence-electron chi connectivity index (χ0n) is 11.2. The maximum atomic E-state index is 10.5. The van der Waals surface area contributed by atoms with Gasteiger partial charge in [-0.25, -0.2) is 0 Å². The van der Waals surface area contributed by atoms with Crippen LogP contribution < -0.4 is 5.32 Å². The molecule has 104 valence electrons. The van der Waals surface area contributed by atoms with Gasteiger partial charge in [-0.2, -0.15) is 0 Å². The van der Waals surface area contributed by atoms with Crippen LogP contribution >= 0.6 is 0 Å². The van der Waals surface area contributed by atoms with Crippen molar-refractivity contribution in [3.63, 3.8) is 0 Å². The smallest absolute Gasteiger partial charge is 0.269 e. The molecule has 19 heavy (non-hydrogen) atoms. The summed E-state index contributed by atoms with van der Waals surface area (Å²) in [6.45, 7) is 6.33. The maximum absolute atomic E-state index is 10.5. The largest absolute Gasteiger partial charge is 0.384 e. The highest BCUT2D eigenvalue weighted by molar-refractivity contribution is 5.48. The standard InChI is InChI=1S/C13H20N4O2/c1-15-8-10-16(11-9-15)7-6-14-12-2-4-13(5-3-12)17(18)19/h2-5,14H,6-11H2,1H3. The van der Waals surface area contributed by atoms with Crippen LogP contribution in [0.5, 0.6) is 0 Å². The fourth-order valence-electron chi connectivity index (χ4n) is 2.13. The summed E-state index contributed by atoms with van der Waals surface area (Å²) in [5.74, 6) is 0. The normalized spacial score (nSPS) is 17.3. The molecule has 0 unspecified atom stereocenters. The van der Waals surface area contributed by atoms with Gasteiger partial charge in [-0.15, -0.1) is 0 Å². The van der Waals surface area contributed by atoms with Gasteiger partial charge in [0.2, 0.25) is 0 Å². The first-order valence-electron chi connectivity index (χ1n) is 6.54. The topological polar surface area (TPSA) is 61.6 Å². The van der Waals surface area contributed by atoms with Gasteiger partial charge < -0.3 is 10.2 Å². The average molecular weight is 264 g/mol. The lowest BCUT2D eigenvalue weighted by Crippen LogP contribution is -2.45. The third-order valence-corrected chi connectivity index (χ3v) is 3.43. The Kier molecular flexibility index (Phi) is 4.70. The van der Waals surface area contributed by atoms with Crippen molar-refractivity contribution in [1.82, 2.24) is 9.80 Å². The maximum Gasteiger partial charge on any atom is 0.269 e. The van der Waals surface area contributed by atoms with Crippen molar-refractivity contribution < 1.29 is 4.92 Å². The monoisotopic (exact) mass is 264 g/mol. The average Bonchev–Trinajstić information content (AvgIpc) is 2.41. The second-order valence-corrected chi connectivity index (χ2v) is 4.88. The molecular formula is C13H20N4O2. The van der Waals surface area contributed by atoms with Crippen molar-refractivity contribution in [2.24, 2.45) is 0 Å². The number of piperazine rings is 1. The highest BCUT2D eigenvalue weighted by Gasteiger charge is 2.12. The fraction of sp³-hybridized carbons (Fsp3) is 0.538. The predicted octanol–water partition coefficient (Wildman–Crippen LogP) is 1.25. The number of likely N-dealkylation sites (N-methyl/N-ethyl adjacent to an activating group) is 1. The highest BCUT2D eigenvalue weighted by Crippen LogP contribution is 2.15. The molecule has 2 rings (SSSR count). The number of nitrogens with zero attached hydrogens (tertiary/aromatic N) is 3. The first-order valence-corrected chi connectivity index (χ1v) is 6.54. The van der Waals surface area contributed by atoms with Gasteiger partial charge in [0, 0.05) is 57.1 Å². The molecule has 1 aromatic rings. The van der Waals surface area contributed by atoms with Crippen molar-refractivity contribution >= 4 is 11.4 Å². The number of nitro groups is 1. The lowest BCUT2D eigenvalue weighted by Gasteiger charge is -2.32. The third-order valence-electron chi connectivity index (χ3n) is 3.43. The summed E-state index contributed by atoms with van der Waals surface area (Å²) in [5.41, 5.74) is 1.06. The van der Waals surface area contributed by atoms with Gasteiger partial charge in [0.15, 0.2) is 0 Å². The number of non-ortho nitro benzene ring substituents is 1. The molecule has 6 nitrogen and oxygen atoms in total. The minimum absolute atomic E-state index is 0.129. The summed E-state index contributed by atoms with van der Waals surface area (Å²) in [6, 6.07) is 6.56. The first kappa shape index (κ1) is 13.8. The number of nitrogens with one attached hydrogen (secondary N) is 1. The number of benzene rings is 1. The van der Waals surface area contributed by atoms with Crippen molar-refractivity contribution in [3.05, 3.63) is 34.4 Å². The highest BCUT2D eigenvalue weighted by atomic mass is 16.6. The number of anilines is 1. The molecule has 0 bridgehead atoms. The van der Waals surface area contributed by atoms with Gasteiger partial charge in [-0.05, 0) is 19.2 Å². The molecule has 0 aliphatic carbocycles. The van der Waals surface area contributed by atoms with Gasteiger partial charge in [0.25, 0.3) is 5.69 Å². The van der Waals surface area contributed by atoms with Crippen LogP contribution in [-0.4, -0.2) is 61.0 Å². The molecule has 0 atom stereocenters. The Bertz CT molecular complexity index is 413. The minimum Gasteiger partial charge on any atom is -0.384 e. The number of hydrogen-bond donors (Lipinski definition) is 1. The molecule has 1 aliphatic heterocycles. The van der Waals surface area contributed by atoms with Crippen LogP contribution in [0.2, 0.25) is 0 Å². The number of rotatable bonds is 5. The zero-order valence-corrected chi connectivity index (χ0v) is 11.2. The molecule has 0 saturated carbocycles. The van der Waals surface area contributed by atoms with E-state index in [1.807, 2.05) is 0 Å². The van der Waals surface area contributed by atoms with Crippen LogP contribution in [0.3, 0.4) is 0 Å². The van der Waals surface area contributed by atoms with Crippen molar-refractivity contribution in [1.29, 1.82) is 0 Å². The van der Waals surface area contributed by atoms with E-state index in [9.17, 15) is 10.1 Å². The Morgan fingerprint density at radius 2 is 1.84 bits per heavy atom. The lowest BCUT2D eigenvalue weighted by atomic mass is 10.3. The lowest BCUT2D eigenvalue weighted by molar-refractivity contribution is -0.384. The first-order chi connectivity index (χ1) is 9.15. The molecule has 0 radical (unpaired) electrons. The second-order valence-electron chi connectivity index (χ2n) is 4.88. The molecular weight excluding hydrogens is 244 g/mol. The van der Waals surface area contributed by atoms with Crippen LogP contribution in [0.4, 0.5) is 11.4 Å². The molecule has 0 spiro atoms. The van der Waals surface area contributed by atoms with Crippen LogP contribution in [0.1, 0.15) is 0 Å². The van der Waals surface area contributed by atoms with Crippen molar-refractivity contribution in [2.45, 2.75) is 0 Å². The van der Waals surface area contributed by atoms with Gasteiger partial charge in [-0.1, -0.05) is 0 Å². The fourth-order valence-corrected chi connectivity index (χ4v) is 2.13. The van der Waals surface area contributed by atoms with E-state index < -0.39 is 0 Å². The number of nitro benzene ring substituents is 1. The molecule has 1 heterocycles. The van der Waals surface area contributed by atoms with Crippen LogP contribution in [0, 0.1) is 10.1 Å². The quantitative estimate of drug-likeness (QED) is 0.640. The SMILES string of the molecule is CN1CCN(CCNc2ccc([N+](=O)[O-])cc2)CC1. The van der Waals surface area contributed by atoms with Gasteiger partial charge in [-0.3, -0.25) is 15.0 Å². The molecule has 1 fully saturated rings. The summed E-state index contributed by atoms with van der Waals surface area (Å²) >= 11 is 0. The molecule has 6 heteroatoms. The third kappa shape index (κ3) is 4.18. The van der Waals surface area contributed by atoms with E-state index in [0.717, 1.165) is 45.0 Å². The molecule has 1 saturated heterocycles. The van der Waals surface area contributed by atoms with E-state index in [1.165, 1.54) is 12.1 Å². The molecule has 1 N–H and O–H groups in total. The second kappa shape index (κ2) is 6.49. The van der Waals surface area contributed by atoms with Gasteiger partial charge >= 0.3 is 0 Å². The minimum atomic E-state index is -0.381. The Balaban J connectivity index is 1.72. The summed E-state index contributed by atoms with van der Waals surface area (Å²) < 4.78 is 0.